The first-order valence-corrected chi connectivity index (χ1v) is 12.8. The second-order valence-corrected chi connectivity index (χ2v) is 14.1. The fourth-order valence-electron chi connectivity index (χ4n) is 5.37. The first-order chi connectivity index (χ1) is 12.4. The Morgan fingerprint density at radius 1 is 1.00 bits per heavy atom. The lowest BCUT2D eigenvalue weighted by Crippen LogP contribution is -2.58. The lowest BCUT2D eigenvalue weighted by molar-refractivity contribution is 0.508. The van der Waals surface area contributed by atoms with E-state index < -0.39 is 13.9 Å². The fourth-order valence-corrected chi connectivity index (χ4v) is 9.69. The predicted molar refractivity (Wildman–Crippen MR) is 118 cm³/mol. The summed E-state index contributed by atoms with van der Waals surface area (Å²) in [6.07, 6.45) is 2.36. The third-order valence-corrected chi connectivity index (χ3v) is 9.50. The standard InChI is InChI=1S/C23H31N3Si/c1-14-11-15-12-18-16-9-7-8-10-19(16)23(24,25)20(18)13-17(15)21(14)27(5,6)26-22(2,3)4/h7-13,21,26H,24-25H2,1-6H3. The molecule has 2 aromatic carbocycles. The Balaban J connectivity index is 1.87. The predicted octanol–water partition coefficient (Wildman–Crippen LogP) is 4.42. The Bertz CT molecular complexity index is 964. The van der Waals surface area contributed by atoms with Crippen LogP contribution in [-0.4, -0.2) is 13.8 Å². The third-order valence-electron chi connectivity index (χ3n) is 5.90. The summed E-state index contributed by atoms with van der Waals surface area (Å²) in [6, 6.07) is 12.9. The molecule has 0 bridgehead atoms. The van der Waals surface area contributed by atoms with E-state index in [1.54, 1.807) is 0 Å². The zero-order valence-corrected chi connectivity index (χ0v) is 18.3. The summed E-state index contributed by atoms with van der Waals surface area (Å²) in [5.74, 6) is 0. The highest BCUT2D eigenvalue weighted by atomic mass is 28.3. The first kappa shape index (κ1) is 18.6. The maximum atomic E-state index is 6.64. The minimum absolute atomic E-state index is 0.0945. The maximum absolute atomic E-state index is 6.64. The van der Waals surface area contributed by atoms with Gasteiger partial charge >= 0.3 is 0 Å². The van der Waals surface area contributed by atoms with Gasteiger partial charge in [0.05, 0.1) is 0 Å². The van der Waals surface area contributed by atoms with E-state index >= 15 is 0 Å². The minimum atomic E-state index is -1.78. The zero-order valence-electron chi connectivity index (χ0n) is 17.3. The van der Waals surface area contributed by atoms with Gasteiger partial charge in [0.1, 0.15) is 13.9 Å². The van der Waals surface area contributed by atoms with Gasteiger partial charge < -0.3 is 16.4 Å². The first-order valence-electron chi connectivity index (χ1n) is 9.75. The molecule has 4 rings (SSSR count). The molecule has 0 saturated carbocycles. The van der Waals surface area contributed by atoms with Crippen molar-refractivity contribution in [1.29, 1.82) is 0 Å². The molecule has 0 heterocycles. The van der Waals surface area contributed by atoms with Gasteiger partial charge in [-0.1, -0.05) is 55.1 Å². The molecule has 0 amide bonds. The fraction of sp³-hybridized carbons (Fsp3) is 0.391. The Hall–Kier alpha value is -1.72. The Kier molecular flexibility index (Phi) is 3.89. The Morgan fingerprint density at radius 2 is 1.67 bits per heavy atom. The molecule has 1 unspecified atom stereocenters. The van der Waals surface area contributed by atoms with Crippen LogP contribution in [0.5, 0.6) is 0 Å². The highest BCUT2D eigenvalue weighted by Gasteiger charge is 2.43. The average Bonchev–Trinajstić information content (AvgIpc) is 2.96. The van der Waals surface area contributed by atoms with Crippen molar-refractivity contribution in [2.24, 2.45) is 11.5 Å². The number of benzene rings is 2. The van der Waals surface area contributed by atoms with E-state index in [9.17, 15) is 0 Å². The normalized spacial score (nSPS) is 20.1. The van der Waals surface area contributed by atoms with Gasteiger partial charge in [-0.15, -0.1) is 0 Å². The largest absolute Gasteiger partial charge is 0.332 e. The molecule has 3 nitrogen and oxygen atoms in total. The highest BCUT2D eigenvalue weighted by Crippen LogP contribution is 2.49. The molecule has 142 valence electrons. The maximum Gasteiger partial charge on any atom is 0.131 e. The van der Waals surface area contributed by atoms with Crippen LogP contribution in [0, 0.1) is 0 Å². The van der Waals surface area contributed by atoms with Gasteiger partial charge in [-0.2, -0.15) is 0 Å². The molecule has 2 aromatic rings. The summed E-state index contributed by atoms with van der Waals surface area (Å²) in [4.78, 5) is 3.95. The number of rotatable bonds is 2. The van der Waals surface area contributed by atoms with Crippen molar-refractivity contribution in [3.05, 3.63) is 64.2 Å². The summed E-state index contributed by atoms with van der Waals surface area (Å²) < 4.78 is 0. The van der Waals surface area contributed by atoms with E-state index in [0.717, 1.165) is 11.1 Å². The molecular formula is C23H31N3Si. The molecule has 4 heteroatoms. The van der Waals surface area contributed by atoms with E-state index in [1.807, 2.05) is 6.07 Å². The summed E-state index contributed by atoms with van der Waals surface area (Å²) in [7, 11) is -1.78. The second kappa shape index (κ2) is 5.64. The van der Waals surface area contributed by atoms with Gasteiger partial charge in [0.2, 0.25) is 0 Å². The highest BCUT2D eigenvalue weighted by molar-refractivity contribution is 6.77. The van der Waals surface area contributed by atoms with Gasteiger partial charge in [-0.05, 0) is 67.1 Å². The molecule has 1 atom stereocenters. The molecule has 2 aliphatic carbocycles. The van der Waals surface area contributed by atoms with E-state index in [2.05, 4.69) is 82.2 Å². The molecule has 5 N–H and O–H groups in total. The molecule has 0 saturated heterocycles. The van der Waals surface area contributed by atoms with E-state index in [4.69, 9.17) is 11.5 Å². The number of fused-ring (bicyclic) bond motifs is 4. The topological polar surface area (TPSA) is 64.1 Å². The summed E-state index contributed by atoms with van der Waals surface area (Å²) in [5, 5.41) is 0. The van der Waals surface area contributed by atoms with Gasteiger partial charge in [0.15, 0.2) is 0 Å². The number of hydrogen-bond acceptors (Lipinski definition) is 3. The molecular weight excluding hydrogens is 346 g/mol. The zero-order chi connectivity index (χ0) is 19.8. The third kappa shape index (κ3) is 2.83. The van der Waals surface area contributed by atoms with Crippen LogP contribution in [-0.2, 0) is 5.66 Å². The van der Waals surface area contributed by atoms with Gasteiger partial charge in [0.25, 0.3) is 0 Å². The molecule has 0 spiro atoms. The van der Waals surface area contributed by atoms with Crippen molar-refractivity contribution < 1.29 is 0 Å². The van der Waals surface area contributed by atoms with Crippen molar-refractivity contribution in [2.75, 3.05) is 0 Å². The van der Waals surface area contributed by atoms with Crippen LogP contribution in [0.15, 0.2) is 42.0 Å². The van der Waals surface area contributed by atoms with E-state index in [0.29, 0.717) is 5.54 Å². The number of nitrogens with one attached hydrogen (secondary N) is 1. The van der Waals surface area contributed by atoms with Gasteiger partial charge in [0, 0.05) is 11.1 Å². The van der Waals surface area contributed by atoms with Crippen molar-refractivity contribution in [3.63, 3.8) is 0 Å². The Labute approximate surface area is 163 Å². The van der Waals surface area contributed by atoms with Crippen molar-refractivity contribution >= 4 is 14.3 Å². The number of nitrogens with two attached hydrogens (primary N) is 2. The van der Waals surface area contributed by atoms with E-state index in [-0.39, 0.29) is 5.54 Å². The van der Waals surface area contributed by atoms with Crippen LogP contribution < -0.4 is 16.4 Å². The molecule has 0 aliphatic heterocycles. The monoisotopic (exact) mass is 377 g/mol. The Morgan fingerprint density at radius 3 is 2.33 bits per heavy atom. The van der Waals surface area contributed by atoms with Crippen molar-refractivity contribution in [2.45, 2.75) is 57.5 Å². The summed E-state index contributed by atoms with van der Waals surface area (Å²) >= 11 is 0. The number of hydrogen-bond donors (Lipinski definition) is 3. The van der Waals surface area contributed by atoms with Crippen LogP contribution in [0.4, 0.5) is 0 Å². The number of allylic oxidation sites excluding steroid dienone is 1. The second-order valence-electron chi connectivity index (χ2n) is 9.86. The van der Waals surface area contributed by atoms with Gasteiger partial charge in [-0.25, -0.2) is 0 Å². The lowest BCUT2D eigenvalue weighted by atomic mass is 9.95. The van der Waals surface area contributed by atoms with Crippen molar-refractivity contribution in [3.8, 4) is 11.1 Å². The summed E-state index contributed by atoms with van der Waals surface area (Å²) in [5.41, 5.74) is 21.4. The SMILES string of the molecule is CC1=Cc2cc3c(cc2C1[Si](C)(C)NC(C)(C)C)C(N)(N)c1ccccc1-3. The van der Waals surface area contributed by atoms with Crippen LogP contribution in [0.3, 0.4) is 0 Å². The van der Waals surface area contributed by atoms with E-state index in [1.165, 1.54) is 27.8 Å². The quantitative estimate of drug-likeness (QED) is 0.536. The lowest BCUT2D eigenvalue weighted by Gasteiger charge is -2.39. The van der Waals surface area contributed by atoms with Crippen molar-refractivity contribution in [1.82, 2.24) is 4.98 Å². The molecule has 0 radical (unpaired) electrons. The van der Waals surface area contributed by atoms with Crippen LogP contribution in [0.25, 0.3) is 17.2 Å². The molecule has 2 aliphatic rings. The van der Waals surface area contributed by atoms with Gasteiger partial charge in [-0.3, -0.25) is 0 Å². The van der Waals surface area contributed by atoms with Crippen LogP contribution >= 0.6 is 0 Å². The van der Waals surface area contributed by atoms with Crippen LogP contribution in [0.1, 0.15) is 55.5 Å². The molecule has 0 aromatic heterocycles. The smallest absolute Gasteiger partial charge is 0.131 e. The molecule has 0 fully saturated rings. The minimum Gasteiger partial charge on any atom is -0.332 e. The average molecular weight is 378 g/mol. The summed E-state index contributed by atoms with van der Waals surface area (Å²) in [6.45, 7) is 13.9. The van der Waals surface area contributed by atoms with Crippen LogP contribution in [0.2, 0.25) is 13.1 Å². The molecule has 27 heavy (non-hydrogen) atoms.